The van der Waals surface area contributed by atoms with E-state index in [0.717, 1.165) is 6.42 Å². The molecule has 90 valence electrons. The lowest BCUT2D eigenvalue weighted by Gasteiger charge is -2.54. The van der Waals surface area contributed by atoms with Gasteiger partial charge in [0.2, 0.25) is 0 Å². The Hall–Kier alpha value is -2.56. The second-order valence-corrected chi connectivity index (χ2v) is 5.40. The van der Waals surface area contributed by atoms with Crippen LogP contribution in [0.2, 0.25) is 0 Å². The van der Waals surface area contributed by atoms with Gasteiger partial charge >= 0.3 is 0 Å². The molecule has 0 aromatic rings. The average Bonchev–Trinajstić information content (AvgIpc) is 2.96. The molecule has 4 rings (SSSR count). The Labute approximate surface area is 111 Å². The zero-order valence-corrected chi connectivity index (χ0v) is 10.1. The molecule has 4 aliphatic carbocycles. The highest BCUT2D eigenvalue weighted by molar-refractivity contribution is 5.46. The van der Waals surface area contributed by atoms with Gasteiger partial charge in [0.15, 0.2) is 10.8 Å². The Kier molecular flexibility index (Phi) is 2.11. The highest BCUT2D eigenvalue weighted by atomic mass is 14.7. The van der Waals surface area contributed by atoms with E-state index in [9.17, 15) is 21.0 Å². The Morgan fingerprint density at radius 2 is 1.32 bits per heavy atom. The van der Waals surface area contributed by atoms with Gasteiger partial charge in [0, 0.05) is 11.8 Å². The van der Waals surface area contributed by atoms with Crippen molar-refractivity contribution in [3.8, 4) is 24.3 Å². The van der Waals surface area contributed by atoms with Crippen molar-refractivity contribution in [1.82, 2.24) is 0 Å². The molecule has 4 nitrogen and oxygen atoms in total. The molecule has 0 N–H and O–H groups in total. The Balaban J connectivity index is 2.32. The quantitative estimate of drug-likeness (QED) is 0.611. The lowest BCUT2D eigenvalue weighted by atomic mass is 9.42. The van der Waals surface area contributed by atoms with Gasteiger partial charge in [-0.25, -0.2) is 0 Å². The molecule has 2 bridgehead atoms. The molecular weight excluding hydrogens is 236 g/mol. The van der Waals surface area contributed by atoms with Crippen molar-refractivity contribution in [3.63, 3.8) is 0 Å². The fourth-order valence-electron chi connectivity index (χ4n) is 4.10. The lowest BCUT2D eigenvalue weighted by molar-refractivity contribution is 0.0102. The number of hydrogen-bond donors (Lipinski definition) is 0. The normalized spacial score (nSPS) is 38.5. The van der Waals surface area contributed by atoms with Gasteiger partial charge in [-0.3, -0.25) is 0 Å². The predicted molar refractivity (Wildman–Crippen MR) is 64.2 cm³/mol. The highest BCUT2D eigenvalue weighted by Gasteiger charge is 2.71. The van der Waals surface area contributed by atoms with Crippen molar-refractivity contribution in [2.75, 3.05) is 0 Å². The molecular formula is C15H10N4. The zero-order valence-electron chi connectivity index (χ0n) is 10.1. The Morgan fingerprint density at radius 1 is 0.789 bits per heavy atom. The first-order valence-corrected chi connectivity index (χ1v) is 6.20. The maximum Gasteiger partial charge on any atom is 0.182 e. The molecule has 0 radical (unpaired) electrons. The number of nitriles is 4. The molecule has 4 atom stereocenters. The van der Waals surface area contributed by atoms with Crippen LogP contribution in [0.25, 0.3) is 0 Å². The van der Waals surface area contributed by atoms with E-state index in [1.807, 2.05) is 48.6 Å². The summed E-state index contributed by atoms with van der Waals surface area (Å²) in [6.07, 6.45) is 8.62. The van der Waals surface area contributed by atoms with Gasteiger partial charge in [0.25, 0.3) is 0 Å². The molecule has 0 saturated heterocycles. The SMILES string of the molecule is N#CC1(C#N)[C@H]2C=C[C@@H]([C@@H]3CC=C[C@H]32)C1(C#N)C#N. The van der Waals surface area contributed by atoms with E-state index < -0.39 is 10.8 Å². The summed E-state index contributed by atoms with van der Waals surface area (Å²) in [4.78, 5) is 0. The van der Waals surface area contributed by atoms with Crippen LogP contribution in [-0.4, -0.2) is 0 Å². The van der Waals surface area contributed by atoms with Crippen molar-refractivity contribution in [3.05, 3.63) is 24.3 Å². The molecule has 0 unspecified atom stereocenters. The van der Waals surface area contributed by atoms with Gasteiger partial charge in [-0.1, -0.05) is 24.3 Å². The van der Waals surface area contributed by atoms with Gasteiger partial charge in [0.1, 0.15) is 0 Å². The molecule has 4 aliphatic rings. The smallest absolute Gasteiger partial charge is 0.182 e. The first-order valence-electron chi connectivity index (χ1n) is 6.20. The molecule has 0 heterocycles. The summed E-state index contributed by atoms with van der Waals surface area (Å²) >= 11 is 0. The topological polar surface area (TPSA) is 95.2 Å². The molecule has 0 spiro atoms. The molecule has 0 aromatic heterocycles. The lowest BCUT2D eigenvalue weighted by Crippen LogP contribution is -2.59. The van der Waals surface area contributed by atoms with E-state index in [2.05, 4.69) is 0 Å². The van der Waals surface area contributed by atoms with Crippen LogP contribution in [0, 0.1) is 79.8 Å². The molecule has 0 aromatic carbocycles. The first-order chi connectivity index (χ1) is 9.20. The van der Waals surface area contributed by atoms with E-state index in [4.69, 9.17) is 0 Å². The van der Waals surface area contributed by atoms with E-state index in [1.54, 1.807) is 0 Å². The van der Waals surface area contributed by atoms with Crippen LogP contribution in [0.1, 0.15) is 6.42 Å². The summed E-state index contributed by atoms with van der Waals surface area (Å²) < 4.78 is 0. The molecule has 4 heteroatoms. The van der Waals surface area contributed by atoms with Gasteiger partial charge < -0.3 is 0 Å². The molecule has 1 saturated carbocycles. The van der Waals surface area contributed by atoms with Crippen molar-refractivity contribution in [1.29, 1.82) is 21.0 Å². The van der Waals surface area contributed by atoms with Crippen molar-refractivity contribution in [2.24, 2.45) is 34.5 Å². The number of allylic oxidation sites excluding steroid dienone is 4. The third-order valence-corrected chi connectivity index (χ3v) is 4.99. The number of nitrogens with zero attached hydrogens (tertiary/aromatic N) is 4. The van der Waals surface area contributed by atoms with E-state index >= 15 is 0 Å². The Bertz CT molecular complexity index is 630. The number of fused-ring (bicyclic) bond motifs is 1. The Morgan fingerprint density at radius 3 is 1.89 bits per heavy atom. The average molecular weight is 246 g/mol. The van der Waals surface area contributed by atoms with Crippen LogP contribution in [0.4, 0.5) is 0 Å². The third kappa shape index (κ3) is 0.977. The summed E-state index contributed by atoms with van der Waals surface area (Å²) in [5.41, 5.74) is -3.12. The van der Waals surface area contributed by atoms with E-state index in [-0.39, 0.29) is 23.7 Å². The van der Waals surface area contributed by atoms with Crippen LogP contribution in [0.15, 0.2) is 24.3 Å². The van der Waals surface area contributed by atoms with Crippen LogP contribution in [0.5, 0.6) is 0 Å². The summed E-state index contributed by atoms with van der Waals surface area (Å²) in [5.74, 6) is -0.435. The van der Waals surface area contributed by atoms with Crippen LogP contribution in [0.3, 0.4) is 0 Å². The fourth-order valence-corrected chi connectivity index (χ4v) is 4.10. The van der Waals surface area contributed by atoms with Crippen molar-refractivity contribution in [2.45, 2.75) is 6.42 Å². The number of rotatable bonds is 0. The van der Waals surface area contributed by atoms with Gasteiger partial charge in [0.05, 0.1) is 24.3 Å². The minimum Gasteiger partial charge on any atom is -0.196 e. The van der Waals surface area contributed by atoms with Gasteiger partial charge in [-0.2, -0.15) is 21.0 Å². The van der Waals surface area contributed by atoms with Crippen LogP contribution >= 0.6 is 0 Å². The predicted octanol–water partition coefficient (Wildman–Crippen LogP) is 2.06. The highest BCUT2D eigenvalue weighted by Crippen LogP contribution is 2.65. The zero-order chi connectivity index (χ0) is 13.7. The summed E-state index contributed by atoms with van der Waals surface area (Å²) in [6, 6.07) is 8.06. The maximum atomic E-state index is 9.55. The van der Waals surface area contributed by atoms with E-state index in [0.29, 0.717) is 0 Å². The van der Waals surface area contributed by atoms with Crippen LogP contribution < -0.4 is 0 Å². The minimum absolute atomic E-state index is 0.101. The molecule has 0 amide bonds. The van der Waals surface area contributed by atoms with Crippen LogP contribution in [-0.2, 0) is 0 Å². The molecule has 0 aliphatic heterocycles. The molecule has 19 heavy (non-hydrogen) atoms. The summed E-state index contributed by atoms with van der Waals surface area (Å²) in [6.45, 7) is 0. The number of hydrogen-bond acceptors (Lipinski definition) is 4. The van der Waals surface area contributed by atoms with E-state index in [1.165, 1.54) is 0 Å². The monoisotopic (exact) mass is 246 g/mol. The first kappa shape index (κ1) is 11.5. The standard InChI is InChI=1S/C15H10N4/c16-6-14(7-17)12-4-5-13(15(14,8-18)9-19)11-3-1-2-10(11)12/h1-2,4-5,10-13H,3H2/t10-,11-,12+,13+/m1/s1. The third-order valence-electron chi connectivity index (χ3n) is 4.99. The largest absolute Gasteiger partial charge is 0.196 e. The van der Waals surface area contributed by atoms with Crippen molar-refractivity contribution >= 4 is 0 Å². The second-order valence-electron chi connectivity index (χ2n) is 5.40. The maximum absolute atomic E-state index is 9.55. The van der Waals surface area contributed by atoms with Crippen molar-refractivity contribution < 1.29 is 0 Å². The fraction of sp³-hybridized carbons (Fsp3) is 0.467. The minimum atomic E-state index is -1.56. The summed E-state index contributed by atoms with van der Waals surface area (Å²) in [5, 5.41) is 38.2. The molecule has 1 fully saturated rings. The van der Waals surface area contributed by atoms with Gasteiger partial charge in [-0.05, 0) is 18.3 Å². The second kappa shape index (κ2) is 3.47. The van der Waals surface area contributed by atoms with Gasteiger partial charge in [-0.15, -0.1) is 0 Å². The summed E-state index contributed by atoms with van der Waals surface area (Å²) in [7, 11) is 0.